The third-order valence-electron chi connectivity index (χ3n) is 4.81. The van der Waals surface area contributed by atoms with Crippen molar-refractivity contribution in [1.29, 1.82) is 0 Å². The molecule has 0 bridgehead atoms. The van der Waals surface area contributed by atoms with E-state index in [0.717, 1.165) is 19.8 Å². The Hall–Kier alpha value is -0.900. The van der Waals surface area contributed by atoms with E-state index in [9.17, 15) is 0 Å². The van der Waals surface area contributed by atoms with Crippen molar-refractivity contribution in [3.05, 3.63) is 35.4 Å². The lowest BCUT2D eigenvalue weighted by Crippen LogP contribution is -2.60. The molecule has 2 unspecified atom stereocenters. The maximum atomic E-state index is 6.26. The fourth-order valence-corrected chi connectivity index (χ4v) is 3.89. The first kappa shape index (κ1) is 13.1. The highest BCUT2D eigenvalue weighted by Crippen LogP contribution is 2.41. The number of fused-ring (bicyclic) bond motifs is 1. The van der Waals surface area contributed by atoms with Gasteiger partial charge in [-0.15, -0.1) is 0 Å². The molecular formula is C16H24N2O. The topological polar surface area (TPSA) is 38.5 Å². The quantitative estimate of drug-likeness (QED) is 0.882. The fourth-order valence-electron chi connectivity index (χ4n) is 3.89. The Morgan fingerprint density at radius 3 is 3.05 bits per heavy atom. The molecule has 104 valence electrons. The van der Waals surface area contributed by atoms with E-state index in [1.807, 2.05) is 0 Å². The Kier molecular flexibility index (Phi) is 3.61. The normalized spacial score (nSPS) is 32.0. The molecule has 0 amide bonds. The van der Waals surface area contributed by atoms with Crippen LogP contribution in [-0.4, -0.2) is 37.2 Å². The number of benzene rings is 1. The van der Waals surface area contributed by atoms with Gasteiger partial charge in [-0.1, -0.05) is 24.3 Å². The average Bonchev–Trinajstić information content (AvgIpc) is 2.47. The first-order valence-electron chi connectivity index (χ1n) is 7.41. The molecular weight excluding hydrogens is 236 g/mol. The van der Waals surface area contributed by atoms with Crippen LogP contribution in [0.3, 0.4) is 0 Å². The minimum Gasteiger partial charge on any atom is -0.379 e. The number of hydrogen-bond donors (Lipinski definition) is 1. The van der Waals surface area contributed by atoms with Gasteiger partial charge < -0.3 is 10.5 Å². The second kappa shape index (κ2) is 5.23. The molecule has 3 rings (SSSR count). The molecule has 2 atom stereocenters. The summed E-state index contributed by atoms with van der Waals surface area (Å²) in [5.41, 5.74) is 9.23. The van der Waals surface area contributed by atoms with Gasteiger partial charge in [0, 0.05) is 19.1 Å². The van der Waals surface area contributed by atoms with Crippen molar-refractivity contribution in [2.45, 2.75) is 37.8 Å². The number of aryl methyl sites for hydroxylation is 1. The minimum atomic E-state index is 0.0258. The molecule has 1 heterocycles. The summed E-state index contributed by atoms with van der Waals surface area (Å²) in [4.78, 5) is 2.59. The monoisotopic (exact) mass is 260 g/mol. The van der Waals surface area contributed by atoms with Gasteiger partial charge in [0.2, 0.25) is 0 Å². The highest BCUT2D eigenvalue weighted by molar-refractivity contribution is 5.37. The summed E-state index contributed by atoms with van der Waals surface area (Å²) in [5, 5.41) is 0. The summed E-state index contributed by atoms with van der Waals surface area (Å²) in [6, 6.07) is 9.30. The third-order valence-corrected chi connectivity index (χ3v) is 4.81. The summed E-state index contributed by atoms with van der Waals surface area (Å²) in [6.07, 6.45) is 3.60. The van der Waals surface area contributed by atoms with Crippen LogP contribution >= 0.6 is 0 Å². The Morgan fingerprint density at radius 2 is 2.26 bits per heavy atom. The van der Waals surface area contributed by atoms with Gasteiger partial charge in [-0.05, 0) is 37.3 Å². The molecule has 3 heteroatoms. The third kappa shape index (κ3) is 2.10. The molecule has 0 saturated carbocycles. The second-order valence-electron chi connectivity index (χ2n) is 5.86. The summed E-state index contributed by atoms with van der Waals surface area (Å²) < 4.78 is 5.60. The van der Waals surface area contributed by atoms with E-state index >= 15 is 0 Å². The van der Waals surface area contributed by atoms with Gasteiger partial charge in [-0.3, -0.25) is 4.90 Å². The van der Waals surface area contributed by atoms with Gasteiger partial charge >= 0.3 is 0 Å². The largest absolute Gasteiger partial charge is 0.379 e. The lowest BCUT2D eigenvalue weighted by atomic mass is 9.74. The molecule has 0 spiro atoms. The van der Waals surface area contributed by atoms with E-state index < -0.39 is 0 Å². The van der Waals surface area contributed by atoms with Crippen molar-refractivity contribution in [2.75, 3.05) is 26.3 Å². The minimum absolute atomic E-state index is 0.0258. The summed E-state index contributed by atoms with van der Waals surface area (Å²) in [5.74, 6) is 0. The Balaban J connectivity index is 2.04. The van der Waals surface area contributed by atoms with Crippen molar-refractivity contribution in [1.82, 2.24) is 4.90 Å². The van der Waals surface area contributed by atoms with Crippen molar-refractivity contribution < 1.29 is 4.74 Å². The molecule has 1 aliphatic heterocycles. The predicted octanol–water partition coefficient (Wildman–Crippen LogP) is 1.90. The van der Waals surface area contributed by atoms with Crippen LogP contribution in [0.15, 0.2) is 24.3 Å². The van der Waals surface area contributed by atoms with Crippen LogP contribution in [0.1, 0.15) is 30.9 Å². The van der Waals surface area contributed by atoms with Gasteiger partial charge in [0.1, 0.15) is 0 Å². The molecule has 1 aromatic rings. The molecule has 19 heavy (non-hydrogen) atoms. The molecule has 1 saturated heterocycles. The second-order valence-corrected chi connectivity index (χ2v) is 5.86. The highest BCUT2D eigenvalue weighted by Gasteiger charge is 2.43. The smallest absolute Gasteiger partial charge is 0.0620 e. The van der Waals surface area contributed by atoms with E-state index in [-0.39, 0.29) is 5.54 Å². The number of nitrogens with two attached hydrogens (primary N) is 1. The van der Waals surface area contributed by atoms with E-state index in [2.05, 4.69) is 36.1 Å². The van der Waals surface area contributed by atoms with Gasteiger partial charge in [-0.2, -0.15) is 0 Å². The van der Waals surface area contributed by atoms with Crippen LogP contribution in [0.5, 0.6) is 0 Å². The standard InChI is InChI=1S/C16H24N2O/c1-13-11-19-10-9-18(13)16(12-17)8-4-6-14-5-2-3-7-15(14)16/h2-3,5,7,13H,4,6,8-12,17H2,1H3. The molecule has 0 aromatic heterocycles. The number of hydrogen-bond acceptors (Lipinski definition) is 3. The number of rotatable bonds is 2. The van der Waals surface area contributed by atoms with Gasteiger partial charge in [-0.25, -0.2) is 0 Å². The molecule has 2 aliphatic rings. The average molecular weight is 260 g/mol. The van der Waals surface area contributed by atoms with Gasteiger partial charge in [0.25, 0.3) is 0 Å². The number of morpholine rings is 1. The van der Waals surface area contributed by atoms with E-state index in [4.69, 9.17) is 10.5 Å². The zero-order chi connectivity index (χ0) is 13.3. The molecule has 1 aliphatic carbocycles. The summed E-state index contributed by atoms with van der Waals surface area (Å²) in [7, 11) is 0. The van der Waals surface area contributed by atoms with Crippen LogP contribution in [0.25, 0.3) is 0 Å². The zero-order valence-electron chi connectivity index (χ0n) is 11.8. The van der Waals surface area contributed by atoms with E-state index in [1.165, 1.54) is 30.4 Å². The zero-order valence-corrected chi connectivity index (χ0v) is 11.8. The van der Waals surface area contributed by atoms with Gasteiger partial charge in [0.15, 0.2) is 0 Å². The fraction of sp³-hybridized carbons (Fsp3) is 0.625. The van der Waals surface area contributed by atoms with E-state index in [1.54, 1.807) is 0 Å². The van der Waals surface area contributed by atoms with Crippen molar-refractivity contribution >= 4 is 0 Å². The molecule has 1 aromatic carbocycles. The molecule has 2 N–H and O–H groups in total. The van der Waals surface area contributed by atoms with Crippen molar-refractivity contribution in [3.8, 4) is 0 Å². The van der Waals surface area contributed by atoms with Crippen LogP contribution in [0.2, 0.25) is 0 Å². The first-order valence-corrected chi connectivity index (χ1v) is 7.41. The maximum Gasteiger partial charge on any atom is 0.0620 e. The highest BCUT2D eigenvalue weighted by atomic mass is 16.5. The SMILES string of the molecule is CC1COCCN1C1(CN)CCCc2ccccc21. The van der Waals surface area contributed by atoms with Crippen LogP contribution in [0.4, 0.5) is 0 Å². The maximum absolute atomic E-state index is 6.26. The van der Waals surface area contributed by atoms with Crippen molar-refractivity contribution in [2.24, 2.45) is 5.73 Å². The molecule has 3 nitrogen and oxygen atoms in total. The van der Waals surface area contributed by atoms with Gasteiger partial charge in [0.05, 0.1) is 18.8 Å². The lowest BCUT2D eigenvalue weighted by Gasteiger charge is -2.51. The summed E-state index contributed by atoms with van der Waals surface area (Å²) >= 11 is 0. The van der Waals surface area contributed by atoms with Crippen molar-refractivity contribution in [3.63, 3.8) is 0 Å². The lowest BCUT2D eigenvalue weighted by molar-refractivity contribution is -0.0650. The number of ether oxygens (including phenoxy) is 1. The molecule has 1 fully saturated rings. The number of nitrogens with zero attached hydrogens (tertiary/aromatic N) is 1. The first-order chi connectivity index (χ1) is 9.28. The Bertz CT molecular complexity index is 448. The Labute approximate surface area is 115 Å². The Morgan fingerprint density at radius 1 is 1.42 bits per heavy atom. The van der Waals surface area contributed by atoms with Crippen LogP contribution in [-0.2, 0) is 16.7 Å². The van der Waals surface area contributed by atoms with Crippen LogP contribution in [0, 0.1) is 0 Å². The predicted molar refractivity (Wildman–Crippen MR) is 77.1 cm³/mol. The van der Waals surface area contributed by atoms with E-state index in [0.29, 0.717) is 12.6 Å². The van der Waals surface area contributed by atoms with Crippen LogP contribution < -0.4 is 5.73 Å². The summed E-state index contributed by atoms with van der Waals surface area (Å²) in [6.45, 7) is 5.60. The molecule has 0 radical (unpaired) electrons.